The van der Waals surface area contributed by atoms with E-state index in [4.69, 9.17) is 28.2 Å². The molecule has 1 fully saturated rings. The Bertz CT molecular complexity index is 885. The minimum absolute atomic E-state index is 0.0768. The Morgan fingerprint density at radius 2 is 1.88 bits per heavy atom. The number of aromatic nitrogens is 1. The van der Waals surface area contributed by atoms with Crippen molar-refractivity contribution >= 4 is 34.9 Å². The van der Waals surface area contributed by atoms with Gasteiger partial charge in [-0.3, -0.25) is 4.79 Å². The van der Waals surface area contributed by atoms with Gasteiger partial charge in [-0.1, -0.05) is 49.2 Å². The lowest BCUT2D eigenvalue weighted by atomic mass is 9.82. The van der Waals surface area contributed by atoms with Gasteiger partial charge in [0.15, 0.2) is 0 Å². The zero-order valence-electron chi connectivity index (χ0n) is 14.9. The molecule has 4 nitrogen and oxygen atoms in total. The zero-order valence-corrected chi connectivity index (χ0v) is 16.4. The second kappa shape index (κ2) is 6.43. The molecular weight excluding hydrogens is 369 g/mol. The molecule has 2 aromatic rings. The number of amides is 1. The molecule has 4 rings (SSSR count). The van der Waals surface area contributed by atoms with Crippen LogP contribution in [0.25, 0.3) is 11.1 Å². The van der Waals surface area contributed by atoms with Crippen LogP contribution in [0.1, 0.15) is 42.6 Å². The number of nitrogens with zero attached hydrogens (tertiary/aromatic N) is 2. The topological polar surface area (TPSA) is 45.2 Å². The molecule has 0 spiro atoms. The average molecular weight is 390 g/mol. The third-order valence-electron chi connectivity index (χ3n) is 5.47. The fourth-order valence-electron chi connectivity index (χ4n) is 3.74. The molecule has 0 unspecified atom stereocenters. The predicted molar refractivity (Wildman–Crippen MR) is 106 cm³/mol. The molecule has 6 heteroatoms. The number of pyridine rings is 1. The normalized spacial score (nSPS) is 18.6. The average Bonchev–Trinajstić information content (AvgIpc) is 2.99. The Morgan fingerprint density at radius 3 is 2.62 bits per heavy atom. The number of fused-ring (bicyclic) bond motifs is 1. The van der Waals surface area contributed by atoms with Gasteiger partial charge in [0, 0.05) is 42.5 Å². The molecule has 1 amide bonds. The van der Waals surface area contributed by atoms with Crippen LogP contribution in [0.3, 0.4) is 0 Å². The van der Waals surface area contributed by atoms with Gasteiger partial charge in [-0.05, 0) is 24.3 Å². The van der Waals surface area contributed by atoms with Crippen LogP contribution in [-0.4, -0.2) is 24.0 Å². The SMILES string of the molecule is CC1(C)CCN(c2ncc(-c3cccc(Cl)c3Cl)c3c2CNC3=O)CC1. The van der Waals surface area contributed by atoms with Crippen molar-refractivity contribution in [3.05, 3.63) is 45.6 Å². The molecule has 1 saturated heterocycles. The van der Waals surface area contributed by atoms with E-state index >= 15 is 0 Å². The number of carbonyl (C=O) groups excluding carboxylic acids is 1. The van der Waals surface area contributed by atoms with Gasteiger partial charge in [0.1, 0.15) is 5.82 Å². The van der Waals surface area contributed by atoms with E-state index in [1.54, 1.807) is 12.3 Å². The molecule has 1 N–H and O–H groups in total. The minimum Gasteiger partial charge on any atom is -0.356 e. The van der Waals surface area contributed by atoms with Crippen molar-refractivity contribution in [2.75, 3.05) is 18.0 Å². The van der Waals surface area contributed by atoms with Crippen molar-refractivity contribution in [1.82, 2.24) is 10.3 Å². The molecule has 26 heavy (non-hydrogen) atoms. The van der Waals surface area contributed by atoms with Gasteiger partial charge < -0.3 is 10.2 Å². The van der Waals surface area contributed by atoms with Crippen molar-refractivity contribution in [2.24, 2.45) is 5.41 Å². The minimum atomic E-state index is -0.0768. The van der Waals surface area contributed by atoms with Crippen molar-refractivity contribution in [1.29, 1.82) is 0 Å². The second-order valence-electron chi connectivity index (χ2n) is 7.78. The Morgan fingerprint density at radius 1 is 1.15 bits per heavy atom. The van der Waals surface area contributed by atoms with Crippen LogP contribution >= 0.6 is 23.2 Å². The van der Waals surface area contributed by atoms with Gasteiger partial charge in [0.2, 0.25) is 0 Å². The van der Waals surface area contributed by atoms with E-state index in [0.717, 1.165) is 48.4 Å². The molecule has 1 aromatic heterocycles. The lowest BCUT2D eigenvalue weighted by molar-refractivity contribution is 0.0966. The van der Waals surface area contributed by atoms with E-state index in [9.17, 15) is 4.79 Å². The van der Waals surface area contributed by atoms with Gasteiger partial charge in [0.05, 0.1) is 15.6 Å². The van der Waals surface area contributed by atoms with Crippen LogP contribution < -0.4 is 10.2 Å². The quantitative estimate of drug-likeness (QED) is 0.791. The van der Waals surface area contributed by atoms with Crippen LogP contribution in [-0.2, 0) is 6.54 Å². The first kappa shape index (κ1) is 17.6. The highest BCUT2D eigenvalue weighted by Crippen LogP contribution is 2.40. The number of halogens is 2. The first-order valence-corrected chi connectivity index (χ1v) is 9.62. The summed E-state index contributed by atoms with van der Waals surface area (Å²) in [5, 5.41) is 3.86. The number of nitrogens with one attached hydrogen (secondary N) is 1. The fourth-order valence-corrected chi connectivity index (χ4v) is 4.14. The fraction of sp³-hybridized carbons (Fsp3) is 0.400. The highest BCUT2D eigenvalue weighted by Gasteiger charge is 2.32. The van der Waals surface area contributed by atoms with E-state index in [-0.39, 0.29) is 5.91 Å². The standard InChI is InChI=1S/C20H21Cl2N3O/c1-20(2)6-8-25(9-7-20)18-14-11-24-19(26)16(14)13(10-23-18)12-4-3-5-15(21)17(12)22/h3-5,10H,6-9,11H2,1-2H3,(H,24,26). The maximum atomic E-state index is 12.6. The molecule has 0 radical (unpaired) electrons. The second-order valence-corrected chi connectivity index (χ2v) is 8.57. The maximum Gasteiger partial charge on any atom is 0.252 e. The van der Waals surface area contributed by atoms with Crippen LogP contribution in [0, 0.1) is 5.41 Å². The van der Waals surface area contributed by atoms with E-state index < -0.39 is 0 Å². The van der Waals surface area contributed by atoms with Crippen molar-refractivity contribution in [2.45, 2.75) is 33.2 Å². The monoisotopic (exact) mass is 389 g/mol. The Balaban J connectivity index is 1.79. The molecule has 2 aliphatic heterocycles. The van der Waals surface area contributed by atoms with Gasteiger partial charge in [0.25, 0.3) is 5.91 Å². The number of hydrogen-bond donors (Lipinski definition) is 1. The first-order valence-electron chi connectivity index (χ1n) is 8.87. The number of piperidine rings is 1. The summed E-state index contributed by atoms with van der Waals surface area (Å²) in [6, 6.07) is 5.45. The number of rotatable bonds is 2. The summed E-state index contributed by atoms with van der Waals surface area (Å²) in [6.07, 6.45) is 4.00. The first-order chi connectivity index (χ1) is 12.4. The molecule has 3 heterocycles. The van der Waals surface area contributed by atoms with E-state index in [0.29, 0.717) is 27.6 Å². The molecule has 2 aliphatic rings. The highest BCUT2D eigenvalue weighted by molar-refractivity contribution is 6.43. The van der Waals surface area contributed by atoms with Crippen LogP contribution in [0.5, 0.6) is 0 Å². The van der Waals surface area contributed by atoms with Crippen molar-refractivity contribution in [3.8, 4) is 11.1 Å². The lowest BCUT2D eigenvalue weighted by Crippen LogP contribution is -2.38. The molecule has 0 bridgehead atoms. The smallest absolute Gasteiger partial charge is 0.252 e. The summed E-state index contributed by atoms with van der Waals surface area (Å²) >= 11 is 12.6. The van der Waals surface area contributed by atoms with Crippen molar-refractivity contribution in [3.63, 3.8) is 0 Å². The van der Waals surface area contributed by atoms with Crippen LogP contribution in [0.15, 0.2) is 24.4 Å². The summed E-state index contributed by atoms with van der Waals surface area (Å²) in [6.45, 7) is 7.02. The Kier molecular flexibility index (Phi) is 4.36. The lowest BCUT2D eigenvalue weighted by Gasteiger charge is -2.38. The van der Waals surface area contributed by atoms with Crippen LogP contribution in [0.2, 0.25) is 10.0 Å². The number of anilines is 1. The summed E-state index contributed by atoms with van der Waals surface area (Å²) in [7, 11) is 0. The third-order valence-corrected chi connectivity index (χ3v) is 6.29. The van der Waals surface area contributed by atoms with Gasteiger partial charge in [-0.25, -0.2) is 4.98 Å². The van der Waals surface area contributed by atoms with Gasteiger partial charge >= 0.3 is 0 Å². The Hall–Kier alpha value is -1.78. The van der Waals surface area contributed by atoms with E-state index in [2.05, 4.69) is 24.1 Å². The summed E-state index contributed by atoms with van der Waals surface area (Å²) < 4.78 is 0. The summed E-state index contributed by atoms with van der Waals surface area (Å²) in [5.74, 6) is 0.836. The van der Waals surface area contributed by atoms with Crippen LogP contribution in [0.4, 0.5) is 5.82 Å². The number of hydrogen-bond acceptors (Lipinski definition) is 3. The summed E-state index contributed by atoms with van der Waals surface area (Å²) in [4.78, 5) is 19.6. The molecule has 1 aromatic carbocycles. The largest absolute Gasteiger partial charge is 0.356 e. The molecule has 0 saturated carbocycles. The van der Waals surface area contributed by atoms with Crippen molar-refractivity contribution < 1.29 is 4.79 Å². The summed E-state index contributed by atoms with van der Waals surface area (Å²) in [5.41, 5.74) is 3.48. The maximum absolute atomic E-state index is 12.6. The molecule has 136 valence electrons. The molecule has 0 aliphatic carbocycles. The Labute approximate surface area is 163 Å². The molecular formula is C20H21Cl2N3O. The highest BCUT2D eigenvalue weighted by atomic mass is 35.5. The predicted octanol–water partition coefficient (Wildman–Crippen LogP) is 4.93. The number of benzene rings is 1. The third kappa shape index (κ3) is 2.95. The zero-order chi connectivity index (χ0) is 18.5. The number of carbonyl (C=O) groups is 1. The van der Waals surface area contributed by atoms with E-state index in [1.807, 2.05) is 12.1 Å². The van der Waals surface area contributed by atoms with Gasteiger partial charge in [-0.15, -0.1) is 0 Å². The van der Waals surface area contributed by atoms with Gasteiger partial charge in [-0.2, -0.15) is 0 Å². The van der Waals surface area contributed by atoms with E-state index in [1.165, 1.54) is 0 Å². The molecule has 0 atom stereocenters.